The molecule has 2 nitrogen and oxygen atoms in total. The summed E-state index contributed by atoms with van der Waals surface area (Å²) in [5.41, 5.74) is 1.93. The van der Waals surface area contributed by atoms with Gasteiger partial charge in [0.2, 0.25) is 0 Å². The first-order valence-electron chi connectivity index (χ1n) is 7.18. The molecule has 1 aromatic rings. The zero-order valence-electron chi connectivity index (χ0n) is 12.1. The van der Waals surface area contributed by atoms with E-state index in [1.54, 1.807) is 13.2 Å². The maximum absolute atomic E-state index is 14.0. The molecule has 1 heterocycles. The van der Waals surface area contributed by atoms with E-state index in [9.17, 15) is 4.39 Å². The van der Waals surface area contributed by atoms with Crippen LogP contribution in [0.15, 0.2) is 12.1 Å². The molecule has 0 aromatic heterocycles. The van der Waals surface area contributed by atoms with Crippen LogP contribution in [0.25, 0.3) is 0 Å². The Morgan fingerprint density at radius 1 is 1.42 bits per heavy atom. The topological polar surface area (TPSA) is 21.3 Å². The van der Waals surface area contributed by atoms with Gasteiger partial charge in [-0.1, -0.05) is 13.8 Å². The summed E-state index contributed by atoms with van der Waals surface area (Å²) in [6, 6.07) is 3.54. The molecule has 0 spiro atoms. The van der Waals surface area contributed by atoms with Gasteiger partial charge in [-0.15, -0.1) is 0 Å². The molecule has 2 rings (SSSR count). The second kappa shape index (κ2) is 6.38. The number of nitrogens with one attached hydrogen (secondary N) is 1. The Hall–Kier alpha value is -1.09. The summed E-state index contributed by atoms with van der Waals surface area (Å²) in [4.78, 5) is 0. The average Bonchev–Trinajstić information content (AvgIpc) is 2.41. The summed E-state index contributed by atoms with van der Waals surface area (Å²) in [7, 11) is 1.62. The number of methoxy groups -OCH3 is 1. The Bertz CT molecular complexity index is 425. The molecule has 0 aliphatic carbocycles. The number of rotatable bonds is 4. The van der Waals surface area contributed by atoms with Gasteiger partial charge in [-0.05, 0) is 61.4 Å². The van der Waals surface area contributed by atoms with E-state index in [2.05, 4.69) is 5.32 Å². The molecule has 1 aliphatic rings. The summed E-state index contributed by atoms with van der Waals surface area (Å²) in [5, 5.41) is 3.43. The molecule has 1 N–H and O–H groups in total. The zero-order chi connectivity index (χ0) is 13.8. The highest BCUT2D eigenvalue weighted by atomic mass is 19.1. The van der Waals surface area contributed by atoms with Crippen LogP contribution in [0.2, 0.25) is 0 Å². The van der Waals surface area contributed by atoms with Crippen LogP contribution in [0.3, 0.4) is 0 Å². The standard InChI is InChI=1S/C16H24FNO/c1-11(2)14-8-13(16(19-3)9-15(14)17)7-12-5-4-6-18-10-12/h8-9,11-12,18H,4-7,10H2,1-3H3. The van der Waals surface area contributed by atoms with Gasteiger partial charge >= 0.3 is 0 Å². The molecule has 1 unspecified atom stereocenters. The predicted molar refractivity (Wildman–Crippen MR) is 76.3 cm³/mol. The van der Waals surface area contributed by atoms with Crippen LogP contribution >= 0.6 is 0 Å². The van der Waals surface area contributed by atoms with Crippen molar-refractivity contribution < 1.29 is 9.13 Å². The van der Waals surface area contributed by atoms with Gasteiger partial charge in [-0.2, -0.15) is 0 Å². The van der Waals surface area contributed by atoms with E-state index in [0.29, 0.717) is 11.7 Å². The van der Waals surface area contributed by atoms with E-state index < -0.39 is 0 Å². The van der Waals surface area contributed by atoms with E-state index in [1.165, 1.54) is 12.8 Å². The van der Waals surface area contributed by atoms with E-state index in [1.807, 2.05) is 19.9 Å². The van der Waals surface area contributed by atoms with Crippen molar-refractivity contribution in [3.63, 3.8) is 0 Å². The Morgan fingerprint density at radius 2 is 2.21 bits per heavy atom. The third-order valence-electron chi connectivity index (χ3n) is 3.93. The molecule has 0 bridgehead atoms. The third-order valence-corrected chi connectivity index (χ3v) is 3.93. The van der Waals surface area contributed by atoms with Crippen LogP contribution in [0.1, 0.15) is 43.7 Å². The minimum absolute atomic E-state index is 0.155. The highest BCUT2D eigenvalue weighted by Crippen LogP contribution is 2.30. The van der Waals surface area contributed by atoms with Gasteiger partial charge in [-0.3, -0.25) is 0 Å². The molecule has 1 aromatic carbocycles. The van der Waals surface area contributed by atoms with Crippen molar-refractivity contribution in [1.29, 1.82) is 0 Å². The quantitative estimate of drug-likeness (QED) is 0.899. The highest BCUT2D eigenvalue weighted by Gasteiger charge is 2.18. The number of hydrogen-bond donors (Lipinski definition) is 1. The Kier molecular flexibility index (Phi) is 4.81. The normalized spacial score (nSPS) is 19.7. The summed E-state index contributed by atoms with van der Waals surface area (Å²) in [6.45, 7) is 6.22. The first kappa shape index (κ1) is 14.3. The van der Waals surface area contributed by atoms with E-state index in [4.69, 9.17) is 4.74 Å². The lowest BCUT2D eigenvalue weighted by Crippen LogP contribution is -2.31. The molecule has 1 atom stereocenters. The maximum atomic E-state index is 14.0. The number of halogens is 1. The number of ether oxygens (including phenoxy) is 1. The van der Waals surface area contributed by atoms with Gasteiger partial charge in [0, 0.05) is 6.07 Å². The minimum atomic E-state index is -0.155. The molecule has 106 valence electrons. The summed E-state index contributed by atoms with van der Waals surface area (Å²) in [5.74, 6) is 1.37. The second-order valence-corrected chi connectivity index (χ2v) is 5.76. The fraction of sp³-hybridized carbons (Fsp3) is 0.625. The largest absolute Gasteiger partial charge is 0.496 e. The summed E-state index contributed by atoms with van der Waals surface area (Å²) >= 11 is 0. The van der Waals surface area contributed by atoms with Gasteiger partial charge in [0.25, 0.3) is 0 Å². The molecule has 1 saturated heterocycles. The lowest BCUT2D eigenvalue weighted by Gasteiger charge is -2.24. The van der Waals surface area contributed by atoms with Crippen LogP contribution in [0.5, 0.6) is 5.75 Å². The number of benzene rings is 1. The van der Waals surface area contributed by atoms with Gasteiger partial charge in [0.05, 0.1) is 7.11 Å². The second-order valence-electron chi connectivity index (χ2n) is 5.76. The maximum Gasteiger partial charge on any atom is 0.130 e. The summed E-state index contributed by atoms with van der Waals surface area (Å²) in [6.07, 6.45) is 3.44. The molecule has 0 saturated carbocycles. The lowest BCUT2D eigenvalue weighted by atomic mass is 9.90. The molecule has 3 heteroatoms. The number of piperidine rings is 1. The van der Waals surface area contributed by atoms with Crippen molar-refractivity contribution in [2.75, 3.05) is 20.2 Å². The first-order chi connectivity index (χ1) is 9.11. The SMILES string of the molecule is COc1cc(F)c(C(C)C)cc1CC1CCCNC1. The van der Waals surface area contributed by atoms with Crippen LogP contribution in [-0.2, 0) is 6.42 Å². The van der Waals surface area contributed by atoms with Crippen molar-refractivity contribution in [2.45, 2.75) is 39.0 Å². The van der Waals surface area contributed by atoms with Crippen molar-refractivity contribution in [2.24, 2.45) is 5.92 Å². The van der Waals surface area contributed by atoms with Crippen molar-refractivity contribution in [3.05, 3.63) is 29.1 Å². The van der Waals surface area contributed by atoms with Crippen molar-refractivity contribution in [3.8, 4) is 5.75 Å². The molecule has 1 fully saturated rings. The lowest BCUT2D eigenvalue weighted by molar-refractivity contribution is 0.362. The summed E-state index contributed by atoms with van der Waals surface area (Å²) < 4.78 is 19.3. The van der Waals surface area contributed by atoms with Gasteiger partial charge in [-0.25, -0.2) is 4.39 Å². The highest BCUT2D eigenvalue weighted by molar-refractivity contribution is 5.39. The van der Waals surface area contributed by atoms with Crippen LogP contribution in [0.4, 0.5) is 4.39 Å². The predicted octanol–water partition coefficient (Wildman–Crippen LogP) is 3.50. The molecule has 1 aliphatic heterocycles. The van der Waals surface area contributed by atoms with E-state index in [-0.39, 0.29) is 11.7 Å². The Labute approximate surface area is 115 Å². The van der Waals surface area contributed by atoms with E-state index >= 15 is 0 Å². The van der Waals surface area contributed by atoms with Gasteiger partial charge in [0.1, 0.15) is 11.6 Å². The third kappa shape index (κ3) is 3.47. The zero-order valence-corrected chi connectivity index (χ0v) is 12.1. The van der Waals surface area contributed by atoms with Crippen molar-refractivity contribution in [1.82, 2.24) is 5.32 Å². The fourth-order valence-corrected chi connectivity index (χ4v) is 2.82. The molecule has 0 amide bonds. The first-order valence-corrected chi connectivity index (χ1v) is 7.18. The van der Waals surface area contributed by atoms with Crippen LogP contribution < -0.4 is 10.1 Å². The van der Waals surface area contributed by atoms with Gasteiger partial charge < -0.3 is 10.1 Å². The van der Waals surface area contributed by atoms with Gasteiger partial charge in [0.15, 0.2) is 0 Å². The Morgan fingerprint density at radius 3 is 2.79 bits per heavy atom. The van der Waals surface area contributed by atoms with E-state index in [0.717, 1.165) is 30.6 Å². The average molecular weight is 265 g/mol. The molecule has 0 radical (unpaired) electrons. The molecular formula is C16H24FNO. The number of hydrogen-bond acceptors (Lipinski definition) is 2. The monoisotopic (exact) mass is 265 g/mol. The molecular weight excluding hydrogens is 241 g/mol. The molecule has 19 heavy (non-hydrogen) atoms. The fourth-order valence-electron chi connectivity index (χ4n) is 2.82. The van der Waals surface area contributed by atoms with Crippen LogP contribution in [0, 0.1) is 11.7 Å². The smallest absolute Gasteiger partial charge is 0.130 e. The minimum Gasteiger partial charge on any atom is -0.496 e. The van der Waals surface area contributed by atoms with Crippen molar-refractivity contribution >= 4 is 0 Å². The van der Waals surface area contributed by atoms with Crippen LogP contribution in [-0.4, -0.2) is 20.2 Å². The Balaban J connectivity index is 2.23.